The quantitative estimate of drug-likeness (QED) is 0.183. The lowest BCUT2D eigenvalue weighted by Crippen LogP contribution is -2.01. The van der Waals surface area contributed by atoms with Crippen molar-refractivity contribution in [3.63, 3.8) is 0 Å². The molecule has 2 aliphatic rings. The monoisotopic (exact) mass is 707 g/mol. The van der Waals surface area contributed by atoms with Crippen LogP contribution in [0.4, 0.5) is 0 Å². The molecular formula is C49H29N3OS. The van der Waals surface area contributed by atoms with Crippen molar-refractivity contribution in [3.05, 3.63) is 162 Å². The largest absolute Gasteiger partial charge is 0.455 e. The van der Waals surface area contributed by atoms with Crippen LogP contribution in [-0.2, 0) is 6.42 Å². The molecule has 0 radical (unpaired) electrons. The Bertz CT molecular complexity index is 3220. The first kappa shape index (κ1) is 29.8. The summed E-state index contributed by atoms with van der Waals surface area (Å²) < 4.78 is 7.72. The highest BCUT2D eigenvalue weighted by molar-refractivity contribution is 7.19. The highest BCUT2D eigenvalue weighted by Crippen LogP contribution is 2.52. The van der Waals surface area contributed by atoms with Gasteiger partial charge in [0.1, 0.15) is 11.2 Å². The van der Waals surface area contributed by atoms with E-state index in [1.165, 1.54) is 64.7 Å². The standard InChI is InChI=1S/C49H29N3OS/c1-2-11-29(12-3-1)47-50-48(52-49(51-47)38-22-9-19-35-32-15-4-5-23-40(32)53-46(35)38)37-21-10-24-42-45(37)39-27-30(25-26-41(39)54-42)31-16-8-18-34-33-17-6-13-28-14-7-20-36(43(28)33)44(31)34/h1-24,27H,25-26H2. The van der Waals surface area contributed by atoms with E-state index >= 15 is 0 Å². The second-order valence-electron chi connectivity index (χ2n) is 14.2. The van der Waals surface area contributed by atoms with Gasteiger partial charge in [-0.2, -0.15) is 0 Å². The summed E-state index contributed by atoms with van der Waals surface area (Å²) in [6.45, 7) is 0. The van der Waals surface area contributed by atoms with Crippen LogP contribution < -0.4 is 0 Å². The van der Waals surface area contributed by atoms with Crippen molar-refractivity contribution >= 4 is 65.8 Å². The van der Waals surface area contributed by atoms with Gasteiger partial charge in [0, 0.05) is 36.9 Å². The van der Waals surface area contributed by atoms with Crippen molar-refractivity contribution in [2.24, 2.45) is 0 Å². The number of hydrogen-bond acceptors (Lipinski definition) is 5. The van der Waals surface area contributed by atoms with Gasteiger partial charge in [-0.3, -0.25) is 0 Å². The summed E-state index contributed by atoms with van der Waals surface area (Å²) in [5.74, 6) is 1.88. The molecule has 7 aromatic carbocycles. The maximum Gasteiger partial charge on any atom is 0.167 e. The molecule has 0 bridgehead atoms. The Labute approximate surface area is 314 Å². The summed E-state index contributed by atoms with van der Waals surface area (Å²) in [5.41, 5.74) is 13.7. The van der Waals surface area contributed by atoms with Gasteiger partial charge in [-0.05, 0) is 86.8 Å². The maximum atomic E-state index is 6.48. The van der Waals surface area contributed by atoms with E-state index in [0.717, 1.165) is 51.5 Å². The Morgan fingerprint density at radius 1 is 0.481 bits per heavy atom. The molecule has 3 aromatic heterocycles. The lowest BCUT2D eigenvalue weighted by atomic mass is 9.86. The van der Waals surface area contributed by atoms with Crippen molar-refractivity contribution in [1.82, 2.24) is 15.0 Å². The summed E-state index contributed by atoms with van der Waals surface area (Å²) >= 11 is 1.89. The van der Waals surface area contributed by atoms with Crippen molar-refractivity contribution in [3.8, 4) is 56.4 Å². The van der Waals surface area contributed by atoms with Crippen LogP contribution in [-0.4, -0.2) is 15.0 Å². The first-order valence-corrected chi connectivity index (χ1v) is 19.2. The van der Waals surface area contributed by atoms with Crippen LogP contribution in [0.5, 0.6) is 0 Å². The fourth-order valence-electron chi connectivity index (χ4n) is 8.82. The van der Waals surface area contributed by atoms with Gasteiger partial charge in [0.05, 0.1) is 5.56 Å². The number of nitrogens with zero attached hydrogens (tertiary/aromatic N) is 3. The third kappa shape index (κ3) is 4.33. The molecule has 2 aliphatic carbocycles. The van der Waals surface area contributed by atoms with E-state index in [9.17, 15) is 0 Å². The minimum atomic E-state index is 0.592. The van der Waals surface area contributed by atoms with Crippen molar-refractivity contribution in [2.45, 2.75) is 12.8 Å². The Morgan fingerprint density at radius 2 is 1.15 bits per heavy atom. The minimum Gasteiger partial charge on any atom is -0.455 e. The SMILES string of the molecule is C1=C(c2cccc3c2-c2cccc4cccc-3c24)CCc2sc3cccc(-c4nc(-c5ccccc5)nc(-c5cccc6c5oc5ccccc56)n4)c3c21. The number of aryl methyl sites for hydroxylation is 1. The van der Waals surface area contributed by atoms with Gasteiger partial charge in [0.25, 0.3) is 0 Å². The fourth-order valence-corrected chi connectivity index (χ4v) is 10.0. The van der Waals surface area contributed by atoms with E-state index in [1.807, 2.05) is 47.7 Å². The average molecular weight is 708 g/mol. The maximum absolute atomic E-state index is 6.48. The number of hydrogen-bond donors (Lipinski definition) is 0. The van der Waals surface area contributed by atoms with Crippen LogP contribution >= 0.6 is 11.3 Å². The summed E-state index contributed by atoms with van der Waals surface area (Å²) in [5, 5.41) is 5.98. The first-order valence-electron chi connectivity index (χ1n) is 18.4. The van der Waals surface area contributed by atoms with Crippen LogP contribution in [0, 0.1) is 0 Å². The second-order valence-corrected chi connectivity index (χ2v) is 15.3. The van der Waals surface area contributed by atoms with Crippen LogP contribution in [0.25, 0.3) is 111 Å². The molecule has 0 amide bonds. The minimum absolute atomic E-state index is 0.592. The Balaban J connectivity index is 1.07. The third-order valence-corrected chi connectivity index (χ3v) is 12.4. The zero-order chi connectivity index (χ0) is 35.3. The molecule has 3 heterocycles. The molecule has 0 saturated carbocycles. The van der Waals surface area contributed by atoms with Gasteiger partial charge in [0.2, 0.25) is 0 Å². The molecule has 252 valence electrons. The number of thiophene rings is 1. The summed E-state index contributed by atoms with van der Waals surface area (Å²) in [4.78, 5) is 17.0. The molecule has 5 heteroatoms. The smallest absolute Gasteiger partial charge is 0.167 e. The van der Waals surface area contributed by atoms with Gasteiger partial charge >= 0.3 is 0 Å². The van der Waals surface area contributed by atoms with E-state index in [-0.39, 0.29) is 0 Å². The Hall–Kier alpha value is -6.69. The molecule has 0 aliphatic heterocycles. The van der Waals surface area contributed by atoms with Crippen LogP contribution in [0.2, 0.25) is 0 Å². The molecule has 10 aromatic rings. The number of para-hydroxylation sites is 2. The fraction of sp³-hybridized carbons (Fsp3) is 0.0408. The van der Waals surface area contributed by atoms with E-state index in [2.05, 4.69) is 115 Å². The Morgan fingerprint density at radius 3 is 2.06 bits per heavy atom. The third-order valence-electron chi connectivity index (χ3n) is 11.2. The van der Waals surface area contributed by atoms with Gasteiger partial charge in [-0.1, -0.05) is 127 Å². The van der Waals surface area contributed by atoms with Crippen molar-refractivity contribution < 1.29 is 4.42 Å². The molecule has 12 rings (SSSR count). The van der Waals surface area contributed by atoms with Gasteiger partial charge < -0.3 is 4.42 Å². The highest BCUT2D eigenvalue weighted by atomic mass is 32.1. The molecular weight excluding hydrogens is 679 g/mol. The van der Waals surface area contributed by atoms with Crippen LogP contribution in [0.3, 0.4) is 0 Å². The first-order chi connectivity index (χ1) is 26.8. The number of allylic oxidation sites excluding steroid dienone is 1. The van der Waals surface area contributed by atoms with E-state index in [4.69, 9.17) is 19.4 Å². The zero-order valence-electron chi connectivity index (χ0n) is 29.0. The van der Waals surface area contributed by atoms with Crippen LogP contribution in [0.1, 0.15) is 22.4 Å². The lowest BCUT2D eigenvalue weighted by Gasteiger charge is -2.18. The topological polar surface area (TPSA) is 51.8 Å². The average Bonchev–Trinajstić information content (AvgIpc) is 3.91. The molecule has 0 spiro atoms. The molecule has 0 atom stereocenters. The predicted molar refractivity (Wildman–Crippen MR) is 223 cm³/mol. The van der Waals surface area contributed by atoms with Crippen molar-refractivity contribution in [1.29, 1.82) is 0 Å². The van der Waals surface area contributed by atoms with Gasteiger partial charge in [-0.25, -0.2) is 15.0 Å². The van der Waals surface area contributed by atoms with Gasteiger partial charge in [0.15, 0.2) is 17.5 Å². The summed E-state index contributed by atoms with van der Waals surface area (Å²) in [7, 11) is 0. The molecule has 4 nitrogen and oxygen atoms in total. The highest BCUT2D eigenvalue weighted by Gasteiger charge is 2.27. The molecule has 54 heavy (non-hydrogen) atoms. The summed E-state index contributed by atoms with van der Waals surface area (Å²) in [6, 6.07) is 51.4. The predicted octanol–water partition coefficient (Wildman–Crippen LogP) is 13.3. The molecule has 0 saturated heterocycles. The number of rotatable bonds is 4. The summed E-state index contributed by atoms with van der Waals surface area (Å²) in [6.07, 6.45) is 4.44. The molecule has 0 unspecified atom stereocenters. The molecule has 0 fully saturated rings. The van der Waals surface area contributed by atoms with Gasteiger partial charge in [-0.15, -0.1) is 11.3 Å². The Kier molecular flexibility index (Phi) is 6.30. The number of benzene rings is 7. The lowest BCUT2D eigenvalue weighted by molar-refractivity contribution is 0.669. The zero-order valence-corrected chi connectivity index (χ0v) is 29.8. The normalized spacial score (nSPS) is 13.1. The number of fused-ring (bicyclic) bond motifs is 9. The van der Waals surface area contributed by atoms with E-state index in [0.29, 0.717) is 17.5 Å². The van der Waals surface area contributed by atoms with E-state index in [1.54, 1.807) is 0 Å². The van der Waals surface area contributed by atoms with Crippen molar-refractivity contribution in [2.75, 3.05) is 0 Å². The van der Waals surface area contributed by atoms with E-state index < -0.39 is 0 Å². The second kappa shape index (κ2) is 11.4. The number of aromatic nitrogens is 3. The molecule has 0 N–H and O–H groups in total. The number of furan rings is 1. The van der Waals surface area contributed by atoms with Crippen LogP contribution in [0.15, 0.2) is 150 Å².